The van der Waals surface area contributed by atoms with Crippen LogP contribution in [0.5, 0.6) is 11.5 Å². The fraction of sp³-hybridized carbons (Fsp3) is 0.217. The Balaban J connectivity index is 1.55. The summed E-state index contributed by atoms with van der Waals surface area (Å²) >= 11 is 1.26. The second kappa shape index (κ2) is 9.35. The molecule has 0 aliphatic carbocycles. The number of hydrogen-bond donors (Lipinski definition) is 1. The van der Waals surface area contributed by atoms with E-state index in [1.54, 1.807) is 0 Å². The minimum atomic E-state index is -0.519. The number of ether oxygens (including phenoxy) is 2. The number of amides is 1. The molecule has 0 spiro atoms. The molecule has 0 saturated carbocycles. The number of hydrazone groups is 1. The molecule has 1 N–H and O–H groups in total. The number of halogens is 1. The molecular weight excluding hydrogens is 431 g/mol. The quantitative estimate of drug-likeness (QED) is 0.626. The van der Waals surface area contributed by atoms with E-state index in [2.05, 4.69) is 10.1 Å². The van der Waals surface area contributed by atoms with Crippen LogP contribution >= 0.6 is 11.8 Å². The second-order valence-electron chi connectivity index (χ2n) is 6.89. The normalized spacial score (nSPS) is 16.7. The molecular formula is C23H21FN4O3S. The number of benzene rings is 2. The van der Waals surface area contributed by atoms with E-state index in [1.807, 2.05) is 32.0 Å². The summed E-state index contributed by atoms with van der Waals surface area (Å²) in [4.78, 5) is 16.6. The summed E-state index contributed by atoms with van der Waals surface area (Å²) in [5, 5.41) is 15.4. The number of amidine groups is 2. The fourth-order valence-electron chi connectivity index (χ4n) is 3.21. The van der Waals surface area contributed by atoms with Crippen molar-refractivity contribution >= 4 is 39.8 Å². The Morgan fingerprint density at radius 1 is 1.09 bits per heavy atom. The molecule has 0 atom stereocenters. The van der Waals surface area contributed by atoms with E-state index in [0.717, 1.165) is 5.56 Å². The zero-order valence-electron chi connectivity index (χ0n) is 17.6. The Kier molecular flexibility index (Phi) is 6.36. The average Bonchev–Trinajstić information content (AvgIpc) is 3.17. The van der Waals surface area contributed by atoms with Gasteiger partial charge in [-0.15, -0.1) is 0 Å². The number of nitrogens with zero attached hydrogens (tertiary/aromatic N) is 3. The second-order valence-corrected chi connectivity index (χ2v) is 7.93. The molecule has 2 heterocycles. The Bertz CT molecular complexity index is 1160. The maximum atomic E-state index is 13.1. The van der Waals surface area contributed by atoms with Crippen LogP contribution < -0.4 is 9.47 Å². The van der Waals surface area contributed by atoms with Crippen molar-refractivity contribution in [3.8, 4) is 11.5 Å². The molecule has 0 radical (unpaired) electrons. The van der Waals surface area contributed by atoms with E-state index in [1.165, 1.54) is 47.1 Å². The number of carbonyl (C=O) groups excluding carboxylic acids is 1. The van der Waals surface area contributed by atoms with E-state index in [4.69, 9.17) is 14.9 Å². The Morgan fingerprint density at radius 2 is 1.81 bits per heavy atom. The first kappa shape index (κ1) is 21.8. The first-order valence-corrected chi connectivity index (χ1v) is 10.9. The lowest BCUT2D eigenvalue weighted by Gasteiger charge is -2.20. The molecule has 0 unspecified atom stereocenters. The molecule has 0 fully saturated rings. The summed E-state index contributed by atoms with van der Waals surface area (Å²) in [5.41, 5.74) is 1.67. The zero-order chi connectivity index (χ0) is 22.7. The van der Waals surface area contributed by atoms with Crippen LogP contribution in [0.2, 0.25) is 0 Å². The summed E-state index contributed by atoms with van der Waals surface area (Å²) in [6.07, 6.45) is 2.01. The molecule has 0 aromatic heterocycles. The molecule has 164 valence electrons. The third kappa shape index (κ3) is 4.57. The fourth-order valence-corrected chi connectivity index (χ4v) is 4.13. The zero-order valence-corrected chi connectivity index (χ0v) is 18.4. The smallest absolute Gasteiger partial charge is 0.283 e. The summed E-state index contributed by atoms with van der Waals surface area (Å²) in [5.74, 6) is 0.397. The van der Waals surface area contributed by atoms with E-state index < -0.39 is 5.91 Å². The van der Waals surface area contributed by atoms with Crippen molar-refractivity contribution in [3.63, 3.8) is 0 Å². The van der Waals surface area contributed by atoms with Gasteiger partial charge in [0.1, 0.15) is 10.9 Å². The molecule has 7 nitrogen and oxygen atoms in total. The minimum absolute atomic E-state index is 0.0616. The van der Waals surface area contributed by atoms with Crippen molar-refractivity contribution < 1.29 is 18.7 Å². The first-order chi connectivity index (χ1) is 15.5. The average molecular weight is 453 g/mol. The molecule has 4 rings (SSSR count). The van der Waals surface area contributed by atoms with Crippen LogP contribution in [-0.2, 0) is 11.2 Å². The highest BCUT2D eigenvalue weighted by molar-refractivity contribution is 8.26. The minimum Gasteiger partial charge on any atom is -0.490 e. The van der Waals surface area contributed by atoms with Gasteiger partial charge < -0.3 is 9.47 Å². The summed E-state index contributed by atoms with van der Waals surface area (Å²) in [6.45, 7) is 4.89. The largest absolute Gasteiger partial charge is 0.490 e. The third-order valence-corrected chi connectivity index (χ3v) is 5.55. The van der Waals surface area contributed by atoms with E-state index in [0.29, 0.717) is 46.9 Å². The van der Waals surface area contributed by atoms with Crippen LogP contribution in [0.3, 0.4) is 0 Å². The van der Waals surface area contributed by atoms with Gasteiger partial charge in [0.25, 0.3) is 5.91 Å². The van der Waals surface area contributed by atoms with Crippen molar-refractivity contribution in [2.45, 2.75) is 20.3 Å². The summed E-state index contributed by atoms with van der Waals surface area (Å²) < 4.78 is 24.4. The van der Waals surface area contributed by atoms with Gasteiger partial charge in [0.2, 0.25) is 5.17 Å². The topological polar surface area (TPSA) is 87.3 Å². The maximum Gasteiger partial charge on any atom is 0.283 e. The molecule has 2 aromatic rings. The highest BCUT2D eigenvalue weighted by atomic mass is 32.2. The number of aliphatic imine (C=N–C) groups is 1. The SMILES string of the molecule is CCOc1ccc(CC2=NN3C(=N)C(=Cc4ccc(F)cc4)C(=O)N=C3S2)cc1OCC. The van der Waals surface area contributed by atoms with Gasteiger partial charge in [0.15, 0.2) is 17.3 Å². The van der Waals surface area contributed by atoms with Gasteiger partial charge in [0.05, 0.1) is 18.8 Å². The molecule has 9 heteroatoms. The number of thioether (sulfide) groups is 1. The van der Waals surface area contributed by atoms with Crippen molar-refractivity contribution in [1.29, 1.82) is 5.41 Å². The molecule has 1 amide bonds. The molecule has 0 saturated heterocycles. The highest BCUT2D eigenvalue weighted by Gasteiger charge is 2.35. The number of hydrogen-bond acceptors (Lipinski definition) is 6. The van der Waals surface area contributed by atoms with Crippen LogP contribution in [0.4, 0.5) is 4.39 Å². The van der Waals surface area contributed by atoms with Crippen molar-refractivity contribution in [2.24, 2.45) is 10.1 Å². The van der Waals surface area contributed by atoms with Gasteiger partial charge in [-0.2, -0.15) is 15.1 Å². The molecule has 32 heavy (non-hydrogen) atoms. The lowest BCUT2D eigenvalue weighted by atomic mass is 10.1. The summed E-state index contributed by atoms with van der Waals surface area (Å²) in [7, 11) is 0. The lowest BCUT2D eigenvalue weighted by Crippen LogP contribution is -2.35. The van der Waals surface area contributed by atoms with Gasteiger partial charge in [-0.25, -0.2) is 4.39 Å². The molecule has 2 aliphatic heterocycles. The lowest BCUT2D eigenvalue weighted by molar-refractivity contribution is -0.114. The number of fused-ring (bicyclic) bond motifs is 1. The number of rotatable bonds is 7. The van der Waals surface area contributed by atoms with Crippen LogP contribution in [-0.4, -0.2) is 40.2 Å². The third-order valence-electron chi connectivity index (χ3n) is 4.64. The summed E-state index contributed by atoms with van der Waals surface area (Å²) in [6, 6.07) is 11.4. The van der Waals surface area contributed by atoms with Crippen molar-refractivity contribution in [2.75, 3.05) is 13.2 Å². The monoisotopic (exact) mass is 452 g/mol. The predicted octanol–water partition coefficient (Wildman–Crippen LogP) is 4.48. The van der Waals surface area contributed by atoms with Gasteiger partial charge in [-0.1, -0.05) is 18.2 Å². The van der Waals surface area contributed by atoms with Gasteiger partial charge in [-0.3, -0.25) is 10.2 Å². The maximum absolute atomic E-state index is 13.1. The van der Waals surface area contributed by atoms with E-state index >= 15 is 0 Å². The van der Waals surface area contributed by atoms with Crippen LogP contribution in [0.1, 0.15) is 25.0 Å². The van der Waals surface area contributed by atoms with Crippen molar-refractivity contribution in [3.05, 3.63) is 65.0 Å². The van der Waals surface area contributed by atoms with Gasteiger partial charge in [0, 0.05) is 6.42 Å². The Labute approximate surface area is 189 Å². The van der Waals surface area contributed by atoms with Gasteiger partial charge >= 0.3 is 0 Å². The molecule has 0 bridgehead atoms. The Morgan fingerprint density at radius 3 is 2.53 bits per heavy atom. The van der Waals surface area contributed by atoms with Crippen molar-refractivity contribution in [1.82, 2.24) is 5.01 Å². The number of nitrogens with one attached hydrogen (secondary N) is 1. The molecule has 2 aliphatic rings. The predicted molar refractivity (Wildman–Crippen MR) is 124 cm³/mol. The van der Waals surface area contributed by atoms with Crippen LogP contribution in [0.25, 0.3) is 6.08 Å². The van der Waals surface area contributed by atoms with E-state index in [-0.39, 0.29) is 17.2 Å². The highest BCUT2D eigenvalue weighted by Crippen LogP contribution is 2.32. The van der Waals surface area contributed by atoms with Gasteiger partial charge in [-0.05, 0) is 67.1 Å². The molecule has 2 aromatic carbocycles. The van der Waals surface area contributed by atoms with Crippen LogP contribution in [0.15, 0.2) is 58.1 Å². The first-order valence-electron chi connectivity index (χ1n) is 10.1. The standard InChI is InChI=1S/C23H21FN4O3S/c1-3-30-18-10-7-15(12-19(18)31-4-2)13-20-27-28-21(25)17(22(29)26-23(28)32-20)11-14-5-8-16(24)9-6-14/h5-12,25H,3-4,13H2,1-2H3. The van der Waals surface area contributed by atoms with Crippen LogP contribution in [0, 0.1) is 11.2 Å². The van der Waals surface area contributed by atoms with E-state index in [9.17, 15) is 9.18 Å². The Hall–Kier alpha value is -3.46. The number of carbonyl (C=O) groups is 1.